The maximum absolute atomic E-state index is 14.2. The molecular formula is C16H15BF3N3O4. The maximum Gasteiger partial charge on any atom is 0.277 e. The van der Waals surface area contributed by atoms with Crippen LogP contribution in [-0.2, 0) is 4.84 Å². The van der Waals surface area contributed by atoms with E-state index in [9.17, 15) is 18.0 Å². The fraction of sp³-hybridized carbons (Fsp3) is 0.250. The number of carbonyl (C=O) groups is 1. The molecule has 4 N–H and O–H groups in total. The minimum Gasteiger partial charge on any atom is -0.394 e. The second-order valence-corrected chi connectivity index (χ2v) is 5.56. The van der Waals surface area contributed by atoms with Gasteiger partial charge in [0.1, 0.15) is 26.4 Å². The van der Waals surface area contributed by atoms with Gasteiger partial charge in [-0.15, -0.1) is 0 Å². The summed E-state index contributed by atoms with van der Waals surface area (Å²) < 4.78 is 41.5. The first-order valence-corrected chi connectivity index (χ1v) is 7.62. The number of anilines is 2. The van der Waals surface area contributed by atoms with Crippen LogP contribution in [-0.4, -0.2) is 48.3 Å². The summed E-state index contributed by atoms with van der Waals surface area (Å²) in [5.74, 6) is -6.25. The summed E-state index contributed by atoms with van der Waals surface area (Å²) in [7, 11) is 5.75. The number of pyridine rings is 1. The van der Waals surface area contributed by atoms with E-state index >= 15 is 0 Å². The standard InChI is InChI=1S/C16H15BF3N3O4/c1-7-2-10(17)15(21-4-7)22-14-9(3-11(18)12(19)13(14)20)16(26)23-27-6-8(25)5-24/h2-4,8,24-25H,5-6H2,1H3,(H,21,22)(H,23,26)/t8-/m1/s1. The fourth-order valence-corrected chi connectivity index (χ4v) is 2.02. The molecule has 0 aliphatic carbocycles. The van der Waals surface area contributed by atoms with Crippen molar-refractivity contribution in [3.05, 3.63) is 46.9 Å². The predicted molar refractivity (Wildman–Crippen MR) is 90.5 cm³/mol. The fourth-order valence-electron chi connectivity index (χ4n) is 2.02. The molecular weight excluding hydrogens is 366 g/mol. The highest BCUT2D eigenvalue weighted by Gasteiger charge is 2.24. The van der Waals surface area contributed by atoms with Crippen molar-refractivity contribution in [3.8, 4) is 0 Å². The molecule has 0 aliphatic heterocycles. The van der Waals surface area contributed by atoms with Crippen molar-refractivity contribution < 1.29 is 33.0 Å². The van der Waals surface area contributed by atoms with Crippen LogP contribution in [0.5, 0.6) is 0 Å². The Balaban J connectivity index is 2.34. The van der Waals surface area contributed by atoms with Gasteiger partial charge in [0, 0.05) is 6.20 Å². The lowest BCUT2D eigenvalue weighted by atomic mass is 9.95. The number of hydrogen-bond donors (Lipinski definition) is 4. The van der Waals surface area contributed by atoms with Gasteiger partial charge in [0.2, 0.25) is 0 Å². The zero-order valence-electron chi connectivity index (χ0n) is 14.1. The highest BCUT2D eigenvalue weighted by atomic mass is 19.2. The van der Waals surface area contributed by atoms with Crippen LogP contribution in [0.1, 0.15) is 15.9 Å². The molecule has 0 saturated carbocycles. The molecule has 1 aromatic heterocycles. The van der Waals surface area contributed by atoms with Crippen LogP contribution in [0.2, 0.25) is 0 Å². The van der Waals surface area contributed by atoms with Crippen LogP contribution in [0, 0.1) is 24.4 Å². The summed E-state index contributed by atoms with van der Waals surface area (Å²) in [4.78, 5) is 20.7. The van der Waals surface area contributed by atoms with E-state index in [2.05, 4.69) is 15.1 Å². The third kappa shape index (κ3) is 4.97. The molecule has 2 rings (SSSR count). The number of amides is 1. The average Bonchev–Trinajstić information content (AvgIpc) is 2.63. The van der Waals surface area contributed by atoms with Crippen molar-refractivity contribution in [2.24, 2.45) is 0 Å². The number of halogens is 3. The number of benzene rings is 1. The topological polar surface area (TPSA) is 104 Å². The minimum atomic E-state index is -1.80. The first kappa shape index (κ1) is 20.7. The van der Waals surface area contributed by atoms with Crippen molar-refractivity contribution in [2.75, 3.05) is 18.5 Å². The number of carbonyl (C=O) groups excluding carboxylic acids is 1. The minimum absolute atomic E-state index is 0.0730. The monoisotopic (exact) mass is 381 g/mol. The molecule has 0 unspecified atom stereocenters. The molecule has 27 heavy (non-hydrogen) atoms. The summed E-state index contributed by atoms with van der Waals surface area (Å²) in [6.07, 6.45) is 0.122. The number of hydrogen-bond acceptors (Lipinski definition) is 6. The average molecular weight is 381 g/mol. The summed E-state index contributed by atoms with van der Waals surface area (Å²) in [6.45, 7) is 0.604. The quantitative estimate of drug-likeness (QED) is 0.314. The molecule has 1 aromatic carbocycles. The Hall–Kier alpha value is -2.63. The molecule has 0 spiro atoms. The molecule has 7 nitrogen and oxygen atoms in total. The van der Waals surface area contributed by atoms with Crippen LogP contribution >= 0.6 is 0 Å². The van der Waals surface area contributed by atoms with Crippen LogP contribution in [0.15, 0.2) is 18.3 Å². The Morgan fingerprint density at radius 2 is 2.04 bits per heavy atom. The number of aliphatic hydroxyl groups is 2. The normalized spacial score (nSPS) is 11.9. The molecule has 0 fully saturated rings. The van der Waals surface area contributed by atoms with Gasteiger partial charge < -0.3 is 15.5 Å². The van der Waals surface area contributed by atoms with E-state index in [-0.39, 0.29) is 11.3 Å². The van der Waals surface area contributed by atoms with E-state index in [1.54, 1.807) is 6.92 Å². The van der Waals surface area contributed by atoms with Gasteiger partial charge in [-0.1, -0.05) is 11.5 Å². The van der Waals surface area contributed by atoms with E-state index in [1.165, 1.54) is 12.3 Å². The first-order chi connectivity index (χ1) is 12.7. The lowest BCUT2D eigenvalue weighted by molar-refractivity contribution is -0.0295. The van der Waals surface area contributed by atoms with E-state index in [1.807, 2.05) is 5.48 Å². The van der Waals surface area contributed by atoms with Crippen LogP contribution < -0.4 is 16.3 Å². The zero-order chi connectivity index (χ0) is 20.1. The van der Waals surface area contributed by atoms with Gasteiger partial charge in [0.25, 0.3) is 5.91 Å². The largest absolute Gasteiger partial charge is 0.394 e. The van der Waals surface area contributed by atoms with Gasteiger partial charge in [-0.05, 0) is 18.6 Å². The molecule has 0 bridgehead atoms. The van der Waals surface area contributed by atoms with Gasteiger partial charge in [0.05, 0.1) is 17.9 Å². The molecule has 0 aliphatic rings. The van der Waals surface area contributed by atoms with Gasteiger partial charge in [0.15, 0.2) is 17.5 Å². The molecule has 2 aromatic rings. The number of nitrogens with one attached hydrogen (secondary N) is 2. The van der Waals surface area contributed by atoms with Crippen molar-refractivity contribution in [1.29, 1.82) is 0 Å². The zero-order valence-corrected chi connectivity index (χ0v) is 14.1. The summed E-state index contributed by atoms with van der Waals surface area (Å²) in [5.41, 5.74) is 1.29. The molecule has 142 valence electrons. The van der Waals surface area contributed by atoms with Crippen LogP contribution in [0.25, 0.3) is 0 Å². The highest BCUT2D eigenvalue weighted by molar-refractivity contribution is 6.35. The molecule has 1 amide bonds. The van der Waals surface area contributed by atoms with Gasteiger partial charge in [-0.2, -0.15) is 0 Å². The molecule has 11 heteroatoms. The third-order valence-corrected chi connectivity index (χ3v) is 3.36. The number of aromatic nitrogens is 1. The number of nitrogens with zero attached hydrogens (tertiary/aromatic N) is 1. The lowest BCUT2D eigenvalue weighted by Gasteiger charge is -2.16. The smallest absolute Gasteiger partial charge is 0.277 e. The van der Waals surface area contributed by atoms with E-state index in [0.29, 0.717) is 11.6 Å². The van der Waals surface area contributed by atoms with Gasteiger partial charge in [-0.25, -0.2) is 23.6 Å². The second-order valence-electron chi connectivity index (χ2n) is 5.56. The Morgan fingerprint density at radius 3 is 2.67 bits per heavy atom. The Morgan fingerprint density at radius 1 is 1.33 bits per heavy atom. The number of hydroxylamine groups is 1. The third-order valence-electron chi connectivity index (χ3n) is 3.36. The Bertz CT molecular complexity index is 854. The predicted octanol–water partition coefficient (Wildman–Crippen LogP) is 0.359. The van der Waals surface area contributed by atoms with Gasteiger partial charge >= 0.3 is 0 Å². The Labute approximate surface area is 153 Å². The van der Waals surface area contributed by atoms with Crippen LogP contribution in [0.3, 0.4) is 0 Å². The highest BCUT2D eigenvalue weighted by Crippen LogP contribution is 2.27. The molecule has 1 heterocycles. The van der Waals surface area contributed by atoms with Crippen molar-refractivity contribution >= 4 is 30.7 Å². The second kappa shape index (κ2) is 8.84. The van der Waals surface area contributed by atoms with E-state index < -0.39 is 53.9 Å². The summed E-state index contributed by atoms with van der Waals surface area (Å²) in [5, 5.41) is 20.2. The number of aliphatic hydroxyl groups excluding tert-OH is 2. The van der Waals surface area contributed by atoms with Crippen LogP contribution in [0.4, 0.5) is 24.7 Å². The van der Waals surface area contributed by atoms with Crippen molar-refractivity contribution in [3.63, 3.8) is 0 Å². The lowest BCUT2D eigenvalue weighted by Crippen LogP contribution is -2.30. The first-order valence-electron chi connectivity index (χ1n) is 7.62. The van der Waals surface area contributed by atoms with Crippen molar-refractivity contribution in [1.82, 2.24) is 10.5 Å². The molecule has 0 saturated heterocycles. The SMILES string of the molecule is [B]c1cc(C)cnc1Nc1c(C(=O)NOC[C@H](O)CO)cc(F)c(F)c1F. The number of rotatable bonds is 7. The van der Waals surface area contributed by atoms with Gasteiger partial charge in [-0.3, -0.25) is 9.63 Å². The van der Waals surface area contributed by atoms with Crippen molar-refractivity contribution in [2.45, 2.75) is 13.0 Å². The Kier molecular flexibility index (Phi) is 6.78. The van der Waals surface area contributed by atoms with E-state index in [0.717, 1.165) is 0 Å². The van der Waals surface area contributed by atoms with E-state index in [4.69, 9.17) is 18.1 Å². The maximum atomic E-state index is 14.2. The number of aryl methyl sites for hydroxylation is 1. The molecule has 2 radical (unpaired) electrons. The molecule has 1 atom stereocenters. The summed E-state index contributed by atoms with van der Waals surface area (Å²) >= 11 is 0. The summed E-state index contributed by atoms with van der Waals surface area (Å²) in [6, 6.07) is 1.97.